The summed E-state index contributed by atoms with van der Waals surface area (Å²) in [7, 11) is 3.28. The van der Waals surface area contributed by atoms with E-state index in [1.54, 1.807) is 20.3 Å². The number of aromatic nitrogens is 2. The Morgan fingerprint density at radius 1 is 0.763 bits per heavy atom. The smallest absolute Gasteiger partial charge is 0.208 e. The van der Waals surface area contributed by atoms with Crippen molar-refractivity contribution in [2.45, 2.75) is 32.6 Å². The van der Waals surface area contributed by atoms with E-state index in [-0.39, 0.29) is 5.43 Å². The molecule has 198 valence electrons. The summed E-state index contributed by atoms with van der Waals surface area (Å²) < 4.78 is 24.9. The Bertz CT molecular complexity index is 1410. The fraction of sp³-hybridized carbons (Fsp3) is 0.333. The molecule has 0 spiro atoms. The lowest BCUT2D eigenvalue weighted by atomic mass is 10.2. The summed E-state index contributed by atoms with van der Waals surface area (Å²) in [5.41, 5.74) is 2.56. The first-order chi connectivity index (χ1) is 18.6. The molecule has 1 fully saturated rings. The molecule has 4 aromatic rings. The van der Waals surface area contributed by atoms with Gasteiger partial charge in [-0.1, -0.05) is 24.3 Å². The number of nitrogens with zero attached hydrogens (tertiary/aromatic N) is 3. The number of fused-ring (bicyclic) bond motifs is 1. The van der Waals surface area contributed by atoms with Crippen LogP contribution in [0.4, 0.5) is 0 Å². The van der Waals surface area contributed by atoms with Crippen LogP contribution in [0.5, 0.6) is 23.0 Å². The third-order valence-electron chi connectivity index (χ3n) is 6.85. The largest absolute Gasteiger partial charge is 0.497 e. The van der Waals surface area contributed by atoms with Gasteiger partial charge < -0.3 is 23.8 Å². The molecule has 1 aromatic heterocycles. The standard InChI is InChI=1S/C30H33N3O5/c1-35-24-9-5-22(6-10-24)20-37-29-17-26-27(18-30(29)38-21-23-7-11-25(36-2)12-8-23)33(31-19-28(26)34)16-15-32-13-3-4-14-32/h5-12,17-19H,3-4,13-16,20-21H2,1-2H3. The van der Waals surface area contributed by atoms with E-state index in [1.165, 1.54) is 19.0 Å². The minimum Gasteiger partial charge on any atom is -0.497 e. The molecule has 0 radical (unpaired) electrons. The summed E-state index contributed by atoms with van der Waals surface area (Å²) in [6.07, 6.45) is 3.85. The highest BCUT2D eigenvalue weighted by atomic mass is 16.5. The van der Waals surface area contributed by atoms with Gasteiger partial charge in [0.2, 0.25) is 5.43 Å². The zero-order chi connectivity index (χ0) is 26.3. The summed E-state index contributed by atoms with van der Waals surface area (Å²) in [4.78, 5) is 15.3. The van der Waals surface area contributed by atoms with Gasteiger partial charge in [-0.3, -0.25) is 9.48 Å². The van der Waals surface area contributed by atoms with E-state index in [0.717, 1.165) is 47.8 Å². The third kappa shape index (κ3) is 6.08. The van der Waals surface area contributed by atoms with Crippen LogP contribution in [0.2, 0.25) is 0 Å². The molecular formula is C30H33N3O5. The van der Waals surface area contributed by atoms with Gasteiger partial charge in [-0.15, -0.1) is 0 Å². The lowest BCUT2D eigenvalue weighted by Gasteiger charge is -2.18. The zero-order valence-corrected chi connectivity index (χ0v) is 21.9. The van der Waals surface area contributed by atoms with E-state index < -0.39 is 0 Å². The minimum absolute atomic E-state index is 0.145. The van der Waals surface area contributed by atoms with Crippen LogP contribution in [-0.2, 0) is 19.8 Å². The molecule has 0 atom stereocenters. The molecule has 38 heavy (non-hydrogen) atoms. The Labute approximate surface area is 222 Å². The van der Waals surface area contributed by atoms with Crippen molar-refractivity contribution in [2.24, 2.45) is 0 Å². The molecule has 3 aromatic carbocycles. The second kappa shape index (κ2) is 12.0. The van der Waals surface area contributed by atoms with Crippen molar-refractivity contribution < 1.29 is 18.9 Å². The summed E-state index contributed by atoms with van der Waals surface area (Å²) in [5, 5.41) is 5.00. The predicted octanol–water partition coefficient (Wildman–Crippen LogP) is 4.67. The maximum Gasteiger partial charge on any atom is 0.208 e. The van der Waals surface area contributed by atoms with E-state index in [0.29, 0.717) is 36.6 Å². The van der Waals surface area contributed by atoms with Crippen LogP contribution in [0.15, 0.2) is 71.7 Å². The first-order valence-corrected chi connectivity index (χ1v) is 12.9. The number of benzene rings is 3. The SMILES string of the molecule is COc1ccc(COc2cc3c(=O)cnn(CCN4CCCC4)c3cc2OCc2ccc(OC)cc2)cc1. The summed E-state index contributed by atoms with van der Waals surface area (Å²) in [5.74, 6) is 2.64. The highest BCUT2D eigenvalue weighted by molar-refractivity contribution is 5.82. The normalized spacial score (nSPS) is 13.5. The number of likely N-dealkylation sites (tertiary alicyclic amines) is 1. The molecule has 0 amide bonds. The number of rotatable bonds is 11. The van der Waals surface area contributed by atoms with Crippen molar-refractivity contribution >= 4 is 10.9 Å². The molecule has 1 aliphatic rings. The highest BCUT2D eigenvalue weighted by Gasteiger charge is 2.16. The summed E-state index contributed by atoms with van der Waals surface area (Å²) >= 11 is 0. The van der Waals surface area contributed by atoms with Crippen molar-refractivity contribution in [1.29, 1.82) is 0 Å². The molecule has 0 bridgehead atoms. The average molecular weight is 516 g/mol. The van der Waals surface area contributed by atoms with E-state index in [9.17, 15) is 4.79 Å². The molecule has 2 heterocycles. The van der Waals surface area contributed by atoms with Crippen molar-refractivity contribution in [3.63, 3.8) is 0 Å². The zero-order valence-electron chi connectivity index (χ0n) is 21.9. The third-order valence-corrected chi connectivity index (χ3v) is 6.85. The van der Waals surface area contributed by atoms with Crippen LogP contribution >= 0.6 is 0 Å². The Morgan fingerprint density at radius 2 is 1.32 bits per heavy atom. The molecule has 0 aliphatic carbocycles. The van der Waals surface area contributed by atoms with Crippen molar-refractivity contribution in [2.75, 3.05) is 33.9 Å². The maximum absolute atomic E-state index is 12.8. The molecule has 0 saturated carbocycles. The van der Waals surface area contributed by atoms with Crippen LogP contribution in [0, 0.1) is 0 Å². The number of hydrogen-bond donors (Lipinski definition) is 0. The molecular weight excluding hydrogens is 482 g/mol. The van der Waals surface area contributed by atoms with Crippen LogP contribution in [0.25, 0.3) is 10.9 Å². The van der Waals surface area contributed by atoms with Gasteiger partial charge in [0.15, 0.2) is 11.5 Å². The number of ether oxygens (including phenoxy) is 4. The van der Waals surface area contributed by atoms with E-state index in [2.05, 4.69) is 10.00 Å². The van der Waals surface area contributed by atoms with Crippen LogP contribution in [0.3, 0.4) is 0 Å². The van der Waals surface area contributed by atoms with Crippen LogP contribution in [-0.4, -0.2) is 48.5 Å². The highest BCUT2D eigenvalue weighted by Crippen LogP contribution is 2.33. The molecule has 0 N–H and O–H groups in total. The molecule has 0 unspecified atom stereocenters. The minimum atomic E-state index is -0.145. The fourth-order valence-corrected chi connectivity index (χ4v) is 4.63. The summed E-state index contributed by atoms with van der Waals surface area (Å²) in [6.45, 7) is 4.47. The van der Waals surface area contributed by atoms with E-state index >= 15 is 0 Å². The Morgan fingerprint density at radius 3 is 1.87 bits per heavy atom. The molecule has 1 saturated heterocycles. The van der Waals surface area contributed by atoms with Gasteiger partial charge in [-0.2, -0.15) is 5.10 Å². The van der Waals surface area contributed by atoms with Crippen molar-refractivity contribution in [3.8, 4) is 23.0 Å². The molecule has 8 heteroatoms. The fourth-order valence-electron chi connectivity index (χ4n) is 4.63. The Balaban J connectivity index is 1.44. The van der Waals surface area contributed by atoms with Gasteiger partial charge >= 0.3 is 0 Å². The monoisotopic (exact) mass is 515 g/mol. The van der Waals surface area contributed by atoms with Gasteiger partial charge in [0.25, 0.3) is 0 Å². The molecule has 1 aliphatic heterocycles. The topological polar surface area (TPSA) is 75.1 Å². The lowest BCUT2D eigenvalue weighted by Crippen LogP contribution is -2.25. The van der Waals surface area contributed by atoms with E-state index in [4.69, 9.17) is 18.9 Å². The van der Waals surface area contributed by atoms with Gasteiger partial charge in [0.1, 0.15) is 24.7 Å². The van der Waals surface area contributed by atoms with Gasteiger partial charge in [0, 0.05) is 12.6 Å². The van der Waals surface area contributed by atoms with Crippen molar-refractivity contribution in [3.05, 3.63) is 88.2 Å². The predicted molar refractivity (Wildman–Crippen MR) is 146 cm³/mol. The second-order valence-electron chi connectivity index (χ2n) is 9.37. The first-order valence-electron chi connectivity index (χ1n) is 12.9. The van der Waals surface area contributed by atoms with Crippen molar-refractivity contribution in [1.82, 2.24) is 14.7 Å². The number of hydrogen-bond acceptors (Lipinski definition) is 7. The van der Waals surface area contributed by atoms with Gasteiger partial charge in [-0.25, -0.2) is 0 Å². The molecule has 8 nitrogen and oxygen atoms in total. The molecule has 5 rings (SSSR count). The van der Waals surface area contributed by atoms with Gasteiger partial charge in [-0.05, 0) is 67.4 Å². The number of methoxy groups -OCH3 is 2. The Hall–Kier alpha value is -4.04. The Kier molecular flexibility index (Phi) is 8.09. The quantitative estimate of drug-likeness (QED) is 0.287. The lowest BCUT2D eigenvalue weighted by molar-refractivity contribution is 0.256. The second-order valence-corrected chi connectivity index (χ2v) is 9.37. The average Bonchev–Trinajstić information content (AvgIpc) is 3.49. The van der Waals surface area contributed by atoms with Crippen LogP contribution in [0.1, 0.15) is 24.0 Å². The van der Waals surface area contributed by atoms with E-state index in [1.807, 2.05) is 59.3 Å². The maximum atomic E-state index is 12.8. The summed E-state index contributed by atoms with van der Waals surface area (Å²) in [6, 6.07) is 19.1. The first kappa shape index (κ1) is 25.6. The van der Waals surface area contributed by atoms with Gasteiger partial charge in [0.05, 0.1) is 37.9 Å². The van der Waals surface area contributed by atoms with Crippen LogP contribution < -0.4 is 24.4 Å².